The number of hydrogen-bond acceptors (Lipinski definition) is 5. The fraction of sp³-hybridized carbons (Fsp3) is 0.318. The van der Waals surface area contributed by atoms with E-state index in [4.69, 9.17) is 10.5 Å². The number of rotatable bonds is 6. The molecule has 7 heteroatoms. The average Bonchev–Trinajstić information content (AvgIpc) is 2.72. The van der Waals surface area contributed by atoms with Gasteiger partial charge in [-0.25, -0.2) is 4.79 Å². The summed E-state index contributed by atoms with van der Waals surface area (Å²) in [6.07, 6.45) is 0. The molecule has 0 radical (unpaired) electrons. The molecule has 2 N–H and O–H groups in total. The Balaban J connectivity index is 1.43. The zero-order chi connectivity index (χ0) is 20.8. The van der Waals surface area contributed by atoms with E-state index in [-0.39, 0.29) is 18.1 Å². The molecule has 0 aromatic heterocycles. The number of hydrogen-bond donors (Lipinski definition) is 1. The van der Waals surface area contributed by atoms with Gasteiger partial charge in [-0.1, -0.05) is 29.8 Å². The van der Waals surface area contributed by atoms with Gasteiger partial charge in [-0.05, 0) is 36.8 Å². The second kappa shape index (κ2) is 9.34. The maximum absolute atomic E-state index is 12.4. The first-order valence-electron chi connectivity index (χ1n) is 9.55. The predicted molar refractivity (Wildman–Crippen MR) is 108 cm³/mol. The number of carbonyl (C=O) groups is 3. The third kappa shape index (κ3) is 5.65. The smallest absolute Gasteiger partial charge is 0.338 e. The summed E-state index contributed by atoms with van der Waals surface area (Å²) < 4.78 is 5.12. The molecule has 1 aliphatic rings. The van der Waals surface area contributed by atoms with Gasteiger partial charge in [-0.15, -0.1) is 0 Å². The fourth-order valence-electron chi connectivity index (χ4n) is 3.30. The number of aryl methyl sites for hydroxylation is 1. The zero-order valence-electron chi connectivity index (χ0n) is 16.5. The van der Waals surface area contributed by atoms with E-state index in [0.29, 0.717) is 18.7 Å². The second-order valence-electron chi connectivity index (χ2n) is 7.16. The number of ether oxygens (including phenoxy) is 1. The molecular formula is C22H25N3O4. The standard InChI is InChI=1S/C22H25N3O4/c1-16-3-2-4-17(13-16)14-24-9-11-25(12-10-24)20(26)15-29-22(28)19-7-5-18(6-8-19)21(23)27/h2-8,13H,9-12,14-15H2,1H3,(H2,23,27). The van der Waals surface area contributed by atoms with Crippen LogP contribution in [0.2, 0.25) is 0 Å². The van der Waals surface area contributed by atoms with E-state index in [1.165, 1.54) is 35.4 Å². The van der Waals surface area contributed by atoms with Crippen LogP contribution in [-0.2, 0) is 16.1 Å². The largest absolute Gasteiger partial charge is 0.452 e. The lowest BCUT2D eigenvalue weighted by molar-refractivity contribution is -0.136. The lowest BCUT2D eigenvalue weighted by atomic mass is 10.1. The topological polar surface area (TPSA) is 92.9 Å². The highest BCUT2D eigenvalue weighted by Gasteiger charge is 2.22. The van der Waals surface area contributed by atoms with Gasteiger partial charge >= 0.3 is 5.97 Å². The van der Waals surface area contributed by atoms with Crippen molar-refractivity contribution in [2.45, 2.75) is 13.5 Å². The first kappa shape index (κ1) is 20.5. The minimum atomic E-state index is -0.604. The van der Waals surface area contributed by atoms with Crippen LogP contribution in [0.5, 0.6) is 0 Å². The fourth-order valence-corrected chi connectivity index (χ4v) is 3.30. The second-order valence-corrected chi connectivity index (χ2v) is 7.16. The summed E-state index contributed by atoms with van der Waals surface area (Å²) in [5.41, 5.74) is 8.25. The third-order valence-corrected chi connectivity index (χ3v) is 4.95. The van der Waals surface area contributed by atoms with Crippen molar-refractivity contribution in [3.63, 3.8) is 0 Å². The Bertz CT molecular complexity index is 887. The molecule has 0 unspecified atom stereocenters. The van der Waals surface area contributed by atoms with Crippen molar-refractivity contribution < 1.29 is 19.1 Å². The van der Waals surface area contributed by atoms with E-state index >= 15 is 0 Å². The van der Waals surface area contributed by atoms with Crippen LogP contribution >= 0.6 is 0 Å². The van der Waals surface area contributed by atoms with Gasteiger partial charge in [-0.3, -0.25) is 14.5 Å². The molecule has 0 atom stereocenters. The van der Waals surface area contributed by atoms with Crippen LogP contribution in [0.1, 0.15) is 31.8 Å². The van der Waals surface area contributed by atoms with Crippen LogP contribution in [0, 0.1) is 6.92 Å². The van der Waals surface area contributed by atoms with E-state index in [2.05, 4.69) is 36.1 Å². The molecule has 2 amide bonds. The SMILES string of the molecule is Cc1cccc(CN2CCN(C(=O)COC(=O)c3ccc(C(N)=O)cc3)CC2)c1. The summed E-state index contributed by atoms with van der Waals surface area (Å²) >= 11 is 0. The molecule has 7 nitrogen and oxygen atoms in total. The van der Waals surface area contributed by atoms with Gasteiger partial charge < -0.3 is 15.4 Å². The summed E-state index contributed by atoms with van der Waals surface area (Å²) in [5.74, 6) is -1.38. The number of carbonyl (C=O) groups excluding carboxylic acids is 3. The first-order valence-corrected chi connectivity index (χ1v) is 9.55. The van der Waals surface area contributed by atoms with Crippen molar-refractivity contribution in [3.8, 4) is 0 Å². The summed E-state index contributed by atoms with van der Waals surface area (Å²) in [6.45, 7) is 5.41. The highest BCUT2D eigenvalue weighted by molar-refractivity contribution is 5.95. The maximum atomic E-state index is 12.4. The van der Waals surface area contributed by atoms with E-state index in [9.17, 15) is 14.4 Å². The van der Waals surface area contributed by atoms with Crippen molar-refractivity contribution in [1.29, 1.82) is 0 Å². The monoisotopic (exact) mass is 395 g/mol. The number of nitrogens with zero attached hydrogens (tertiary/aromatic N) is 2. The zero-order valence-corrected chi connectivity index (χ0v) is 16.5. The molecule has 0 bridgehead atoms. The van der Waals surface area contributed by atoms with Gasteiger partial charge in [0.05, 0.1) is 5.56 Å². The van der Waals surface area contributed by atoms with E-state index in [1.807, 2.05) is 0 Å². The minimum absolute atomic E-state index is 0.206. The normalized spacial score (nSPS) is 14.4. The molecule has 2 aromatic rings. The number of nitrogens with two attached hydrogens (primary N) is 1. The van der Waals surface area contributed by atoms with Crippen LogP contribution in [0.3, 0.4) is 0 Å². The van der Waals surface area contributed by atoms with Crippen molar-refractivity contribution in [3.05, 3.63) is 70.8 Å². The minimum Gasteiger partial charge on any atom is -0.452 e. The highest BCUT2D eigenvalue weighted by atomic mass is 16.5. The summed E-state index contributed by atoms with van der Waals surface area (Å²) in [5, 5.41) is 0. The number of esters is 1. The summed E-state index contributed by atoms with van der Waals surface area (Å²) in [6, 6.07) is 14.2. The molecule has 1 saturated heterocycles. The maximum Gasteiger partial charge on any atom is 0.338 e. The quantitative estimate of drug-likeness (QED) is 0.750. The van der Waals surface area contributed by atoms with E-state index < -0.39 is 11.9 Å². The lowest BCUT2D eigenvalue weighted by Gasteiger charge is -2.34. The highest BCUT2D eigenvalue weighted by Crippen LogP contribution is 2.11. The van der Waals surface area contributed by atoms with Crippen LogP contribution in [-0.4, -0.2) is 60.4 Å². The Morgan fingerprint density at radius 2 is 1.62 bits per heavy atom. The van der Waals surface area contributed by atoms with Crippen molar-refractivity contribution >= 4 is 17.8 Å². The molecule has 0 saturated carbocycles. The Hall–Kier alpha value is -3.19. The summed E-state index contributed by atoms with van der Waals surface area (Å²) in [4.78, 5) is 39.5. The molecule has 29 heavy (non-hydrogen) atoms. The Kier molecular flexibility index (Phi) is 6.61. The number of piperazine rings is 1. The van der Waals surface area contributed by atoms with Crippen LogP contribution in [0.25, 0.3) is 0 Å². The van der Waals surface area contributed by atoms with Crippen LogP contribution in [0.15, 0.2) is 48.5 Å². The molecular weight excluding hydrogens is 370 g/mol. The molecule has 0 aliphatic carbocycles. The van der Waals surface area contributed by atoms with E-state index in [0.717, 1.165) is 19.6 Å². The molecule has 152 valence electrons. The van der Waals surface area contributed by atoms with Gasteiger partial charge in [0.25, 0.3) is 5.91 Å². The van der Waals surface area contributed by atoms with Gasteiger partial charge in [-0.2, -0.15) is 0 Å². The van der Waals surface area contributed by atoms with Gasteiger partial charge in [0.1, 0.15) is 0 Å². The molecule has 1 fully saturated rings. The van der Waals surface area contributed by atoms with Gasteiger partial charge in [0, 0.05) is 38.3 Å². The molecule has 3 rings (SSSR count). The Morgan fingerprint density at radius 1 is 0.966 bits per heavy atom. The molecule has 2 aromatic carbocycles. The number of benzene rings is 2. The Labute approximate surface area is 170 Å². The molecule has 0 spiro atoms. The summed E-state index contributed by atoms with van der Waals surface area (Å²) in [7, 11) is 0. The van der Waals surface area contributed by atoms with Gasteiger partial charge in [0.2, 0.25) is 5.91 Å². The van der Waals surface area contributed by atoms with Crippen molar-refractivity contribution in [2.75, 3.05) is 32.8 Å². The van der Waals surface area contributed by atoms with Crippen molar-refractivity contribution in [1.82, 2.24) is 9.80 Å². The molecule has 1 aliphatic heterocycles. The van der Waals surface area contributed by atoms with E-state index in [1.54, 1.807) is 4.90 Å². The average molecular weight is 395 g/mol. The lowest BCUT2D eigenvalue weighted by Crippen LogP contribution is -2.49. The van der Waals surface area contributed by atoms with Crippen LogP contribution in [0.4, 0.5) is 0 Å². The van der Waals surface area contributed by atoms with Crippen LogP contribution < -0.4 is 5.73 Å². The third-order valence-electron chi connectivity index (χ3n) is 4.95. The van der Waals surface area contributed by atoms with Gasteiger partial charge in [0.15, 0.2) is 6.61 Å². The number of primary amides is 1. The predicted octanol–water partition coefficient (Wildman–Crippen LogP) is 1.60. The first-order chi connectivity index (χ1) is 13.9. The molecule has 1 heterocycles. The Morgan fingerprint density at radius 3 is 2.24 bits per heavy atom. The number of amides is 2. The van der Waals surface area contributed by atoms with Crippen molar-refractivity contribution in [2.24, 2.45) is 5.73 Å².